The molecule has 0 radical (unpaired) electrons. The van der Waals surface area contributed by atoms with Crippen molar-refractivity contribution in [1.82, 2.24) is 9.13 Å². The number of nitrogens with two attached hydrogens (primary N) is 1. The van der Waals surface area contributed by atoms with Crippen LogP contribution in [0.2, 0.25) is 0 Å². The Morgan fingerprint density at radius 2 is 1.55 bits per heavy atom. The summed E-state index contributed by atoms with van der Waals surface area (Å²) in [5.74, 6) is -1.65. The molecule has 1 aliphatic heterocycles. The predicted octanol–water partition coefficient (Wildman–Crippen LogP) is 3.71. The van der Waals surface area contributed by atoms with Crippen LogP contribution in [0.25, 0.3) is 0 Å². The summed E-state index contributed by atoms with van der Waals surface area (Å²) >= 11 is 0. The van der Waals surface area contributed by atoms with Gasteiger partial charge in [-0.15, -0.1) is 0 Å². The fourth-order valence-electron chi connectivity index (χ4n) is 5.45. The maximum Gasteiger partial charge on any atom is 0.331 e. The summed E-state index contributed by atoms with van der Waals surface area (Å²) in [6, 6.07) is 18.3. The second-order valence-corrected chi connectivity index (χ2v) is 12.9. The van der Waals surface area contributed by atoms with Gasteiger partial charge in [0.05, 0.1) is 23.2 Å². The van der Waals surface area contributed by atoms with Crippen molar-refractivity contribution >= 4 is 15.5 Å². The van der Waals surface area contributed by atoms with Crippen LogP contribution in [0.15, 0.2) is 87.3 Å². The fraction of sp³-hybridized carbons (Fsp3) is 0.290. The molecular formula is C31H32F2N4O4S. The SMILES string of the molecule is Cc1ccc(S(=O)(=O)C2CCN(c3c(C)n(Cc4c(F)cccc4F)c(=O)n(CC(N)c4ccccc4)c3=O)C2)cc1. The smallest absolute Gasteiger partial charge is 0.331 e. The van der Waals surface area contributed by atoms with Crippen molar-refractivity contribution < 1.29 is 17.2 Å². The third-order valence-corrected chi connectivity index (χ3v) is 10.1. The number of hydrogen-bond donors (Lipinski definition) is 1. The molecule has 3 aromatic carbocycles. The average Bonchev–Trinajstić information content (AvgIpc) is 3.46. The van der Waals surface area contributed by atoms with E-state index < -0.39 is 50.6 Å². The van der Waals surface area contributed by atoms with Crippen LogP contribution >= 0.6 is 0 Å². The minimum absolute atomic E-state index is 0.0172. The van der Waals surface area contributed by atoms with E-state index in [0.29, 0.717) is 5.56 Å². The molecule has 2 unspecified atom stereocenters. The molecule has 1 aromatic heterocycles. The number of aromatic nitrogens is 2. The summed E-state index contributed by atoms with van der Waals surface area (Å²) in [6.45, 7) is 3.00. The molecule has 2 heterocycles. The third-order valence-electron chi connectivity index (χ3n) is 7.89. The number of nitrogens with zero attached hydrogens (tertiary/aromatic N) is 3. The standard InChI is InChI=1S/C31H32F2N4O4S/c1-20-11-13-23(14-12-20)42(40,41)24-15-16-35(17-24)29-21(2)36(18-25-26(32)9-6-10-27(25)33)31(39)37(30(29)38)19-28(34)22-7-4-3-5-8-22/h3-14,24,28H,15-19,34H2,1-2H3. The van der Waals surface area contributed by atoms with Crippen LogP contribution < -0.4 is 21.9 Å². The van der Waals surface area contributed by atoms with Crippen LogP contribution in [0.3, 0.4) is 0 Å². The van der Waals surface area contributed by atoms with Crippen LogP contribution in [0, 0.1) is 25.5 Å². The van der Waals surface area contributed by atoms with E-state index in [1.54, 1.807) is 53.4 Å². The summed E-state index contributed by atoms with van der Waals surface area (Å²) < 4.78 is 58.3. The molecule has 4 aromatic rings. The summed E-state index contributed by atoms with van der Waals surface area (Å²) in [5, 5.41) is -0.788. The van der Waals surface area contributed by atoms with Gasteiger partial charge in [0.25, 0.3) is 5.56 Å². The molecule has 8 nitrogen and oxygen atoms in total. The Kier molecular flexibility index (Phi) is 8.16. The van der Waals surface area contributed by atoms with Gasteiger partial charge >= 0.3 is 5.69 Å². The van der Waals surface area contributed by atoms with Gasteiger partial charge < -0.3 is 10.6 Å². The van der Waals surface area contributed by atoms with Crippen molar-refractivity contribution in [3.63, 3.8) is 0 Å². The highest BCUT2D eigenvalue weighted by Crippen LogP contribution is 2.28. The number of rotatable bonds is 8. The average molecular weight is 595 g/mol. The quantitative estimate of drug-likeness (QED) is 0.334. The summed E-state index contributed by atoms with van der Waals surface area (Å²) in [6.07, 6.45) is 0.264. The Bertz CT molecular complexity index is 1820. The van der Waals surface area contributed by atoms with Crippen molar-refractivity contribution in [2.24, 2.45) is 5.73 Å². The van der Waals surface area contributed by atoms with E-state index in [4.69, 9.17) is 5.73 Å². The number of anilines is 1. The number of benzene rings is 3. The first-order chi connectivity index (χ1) is 20.0. The zero-order valence-corrected chi connectivity index (χ0v) is 24.2. The molecule has 220 valence electrons. The van der Waals surface area contributed by atoms with Crippen molar-refractivity contribution in [2.45, 2.75) is 49.5 Å². The monoisotopic (exact) mass is 594 g/mol. The molecule has 0 aliphatic carbocycles. The Labute approximate surface area is 242 Å². The number of halogens is 2. The van der Waals surface area contributed by atoms with Gasteiger partial charge in [-0.25, -0.2) is 22.0 Å². The molecule has 42 heavy (non-hydrogen) atoms. The number of sulfone groups is 1. The predicted molar refractivity (Wildman–Crippen MR) is 158 cm³/mol. The van der Waals surface area contributed by atoms with Crippen LogP contribution in [0.4, 0.5) is 14.5 Å². The van der Waals surface area contributed by atoms with Crippen LogP contribution in [-0.2, 0) is 22.9 Å². The lowest BCUT2D eigenvalue weighted by atomic mass is 10.1. The van der Waals surface area contributed by atoms with Crippen LogP contribution in [-0.4, -0.2) is 35.9 Å². The fourth-order valence-corrected chi connectivity index (χ4v) is 7.14. The molecule has 5 rings (SSSR count). The minimum Gasteiger partial charge on any atom is -0.364 e. The molecule has 1 saturated heterocycles. The Morgan fingerprint density at radius 3 is 2.19 bits per heavy atom. The van der Waals surface area contributed by atoms with E-state index in [-0.39, 0.29) is 47.9 Å². The van der Waals surface area contributed by atoms with Gasteiger partial charge in [0.1, 0.15) is 17.3 Å². The molecule has 0 spiro atoms. The molecule has 1 aliphatic rings. The van der Waals surface area contributed by atoms with E-state index in [0.717, 1.165) is 26.8 Å². The molecule has 0 saturated carbocycles. The van der Waals surface area contributed by atoms with Gasteiger partial charge in [0, 0.05) is 30.4 Å². The highest BCUT2D eigenvalue weighted by atomic mass is 32.2. The van der Waals surface area contributed by atoms with Crippen molar-refractivity contribution in [3.8, 4) is 0 Å². The lowest BCUT2D eigenvalue weighted by molar-refractivity contribution is 0.491. The molecule has 0 amide bonds. The van der Waals surface area contributed by atoms with E-state index in [1.165, 1.54) is 13.0 Å². The normalized spacial score (nSPS) is 16.1. The lowest BCUT2D eigenvalue weighted by Gasteiger charge is -2.25. The summed E-state index contributed by atoms with van der Waals surface area (Å²) in [4.78, 5) is 29.5. The van der Waals surface area contributed by atoms with Crippen molar-refractivity contribution in [3.05, 3.63) is 128 Å². The minimum atomic E-state index is -3.70. The first-order valence-corrected chi connectivity index (χ1v) is 15.2. The molecule has 2 atom stereocenters. The van der Waals surface area contributed by atoms with Gasteiger partial charge in [0.2, 0.25) is 0 Å². The molecule has 11 heteroatoms. The molecule has 0 bridgehead atoms. The van der Waals surface area contributed by atoms with Gasteiger partial charge in [-0.1, -0.05) is 54.1 Å². The van der Waals surface area contributed by atoms with Crippen LogP contribution in [0.5, 0.6) is 0 Å². The zero-order valence-electron chi connectivity index (χ0n) is 23.3. The Morgan fingerprint density at radius 1 is 0.905 bits per heavy atom. The highest BCUT2D eigenvalue weighted by molar-refractivity contribution is 7.92. The van der Waals surface area contributed by atoms with Gasteiger partial charge in [-0.3, -0.25) is 13.9 Å². The van der Waals surface area contributed by atoms with Crippen LogP contribution in [0.1, 0.15) is 34.8 Å². The maximum absolute atomic E-state index is 14.7. The van der Waals surface area contributed by atoms with Crippen molar-refractivity contribution in [2.75, 3.05) is 18.0 Å². The topological polar surface area (TPSA) is 107 Å². The maximum atomic E-state index is 14.7. The van der Waals surface area contributed by atoms with Gasteiger partial charge in [-0.05, 0) is 50.1 Å². The third kappa shape index (κ3) is 5.54. The van der Waals surface area contributed by atoms with Gasteiger partial charge in [-0.2, -0.15) is 0 Å². The lowest BCUT2D eigenvalue weighted by Crippen LogP contribution is -2.46. The summed E-state index contributed by atoms with van der Waals surface area (Å²) in [5.41, 5.74) is 6.58. The van der Waals surface area contributed by atoms with E-state index >= 15 is 0 Å². The second-order valence-electron chi connectivity index (χ2n) is 10.7. The Balaban J connectivity index is 1.59. The Hall–Kier alpha value is -4.09. The molecule has 1 fully saturated rings. The number of aryl methyl sites for hydroxylation is 1. The second kappa shape index (κ2) is 11.7. The molecule has 2 N–H and O–H groups in total. The van der Waals surface area contributed by atoms with Crippen molar-refractivity contribution in [1.29, 1.82) is 0 Å². The van der Waals surface area contributed by atoms with E-state index in [2.05, 4.69) is 0 Å². The summed E-state index contributed by atoms with van der Waals surface area (Å²) in [7, 11) is -3.70. The first kappa shape index (κ1) is 29.4. The van der Waals surface area contributed by atoms with E-state index in [1.807, 2.05) is 13.0 Å². The number of hydrogen-bond acceptors (Lipinski definition) is 6. The first-order valence-electron chi connectivity index (χ1n) is 13.6. The molecular weight excluding hydrogens is 562 g/mol. The van der Waals surface area contributed by atoms with E-state index in [9.17, 15) is 26.8 Å². The highest BCUT2D eigenvalue weighted by Gasteiger charge is 2.36. The van der Waals surface area contributed by atoms with Gasteiger partial charge in [0.15, 0.2) is 9.84 Å². The zero-order chi connectivity index (χ0) is 30.2. The largest absolute Gasteiger partial charge is 0.364 e.